The van der Waals surface area contributed by atoms with Gasteiger partial charge in [0, 0.05) is 57.3 Å². The van der Waals surface area contributed by atoms with E-state index >= 15 is 0 Å². The first kappa shape index (κ1) is 24.6. The minimum atomic E-state index is 0. The Kier molecular flexibility index (Phi) is 10.5. The summed E-state index contributed by atoms with van der Waals surface area (Å²) in [4.78, 5) is 23.9. The maximum atomic E-state index is 12.5. The molecule has 3 aliphatic heterocycles. The number of anilines is 1. The summed E-state index contributed by atoms with van der Waals surface area (Å²) in [5, 5.41) is 3.46. The fourth-order valence-corrected chi connectivity index (χ4v) is 4.80. The third-order valence-corrected chi connectivity index (χ3v) is 6.24. The Morgan fingerprint density at radius 3 is 2.52 bits per heavy atom. The van der Waals surface area contributed by atoms with Crippen molar-refractivity contribution in [2.75, 3.05) is 55.8 Å². The summed E-state index contributed by atoms with van der Waals surface area (Å²) in [6.07, 6.45) is 2.80. The van der Waals surface area contributed by atoms with Crippen molar-refractivity contribution in [2.45, 2.75) is 18.5 Å². The molecule has 27 heavy (non-hydrogen) atoms. The number of halogens is 3. The Hall–Kier alpha value is -0.440. The molecule has 1 N–H and O–H groups in total. The van der Waals surface area contributed by atoms with Gasteiger partial charge in [0.15, 0.2) is 0 Å². The number of hydrogen-bond donors (Lipinski definition) is 1. The second-order valence-electron chi connectivity index (χ2n) is 6.70. The van der Waals surface area contributed by atoms with Crippen molar-refractivity contribution in [2.24, 2.45) is 0 Å². The van der Waals surface area contributed by atoms with E-state index in [1.807, 2.05) is 35.0 Å². The molecule has 0 saturated carbocycles. The molecule has 4 heterocycles. The highest BCUT2D eigenvalue weighted by Crippen LogP contribution is 2.21. The lowest BCUT2D eigenvalue weighted by Crippen LogP contribution is -2.51. The van der Waals surface area contributed by atoms with Crippen LogP contribution in [0.2, 0.25) is 0 Å². The molecule has 6 nitrogen and oxygen atoms in total. The second-order valence-corrected chi connectivity index (χ2v) is 7.78. The number of aromatic nitrogens is 1. The number of nitrogens with zero attached hydrogens (tertiary/aromatic N) is 4. The summed E-state index contributed by atoms with van der Waals surface area (Å²) < 4.78 is 0. The lowest BCUT2D eigenvalue weighted by atomic mass is 10.1. The van der Waals surface area contributed by atoms with Crippen LogP contribution in [-0.4, -0.2) is 83.7 Å². The van der Waals surface area contributed by atoms with E-state index in [1.54, 1.807) is 0 Å². The summed E-state index contributed by atoms with van der Waals surface area (Å²) in [5.41, 5.74) is 0. The van der Waals surface area contributed by atoms with Crippen molar-refractivity contribution in [3.05, 3.63) is 24.4 Å². The predicted molar refractivity (Wildman–Crippen MR) is 119 cm³/mol. The monoisotopic (exact) mass is 455 g/mol. The standard InChI is InChI=1S/C17H25N5OS.3ClH/c23-17(22-9-10-24-13-22)15-11-14(12-19-15)20-5-7-21(8-6-20)16-3-1-2-4-18-16;;;/h1-4,14-15,19H,5-13H2;3*1H/t14-,15-;;;/m0.../s1. The van der Waals surface area contributed by atoms with E-state index in [-0.39, 0.29) is 43.3 Å². The van der Waals surface area contributed by atoms with Crippen LogP contribution in [0, 0.1) is 0 Å². The summed E-state index contributed by atoms with van der Waals surface area (Å²) in [6.45, 7) is 5.95. The topological polar surface area (TPSA) is 51.7 Å². The van der Waals surface area contributed by atoms with Crippen LogP contribution in [-0.2, 0) is 4.79 Å². The molecule has 3 aliphatic rings. The van der Waals surface area contributed by atoms with Gasteiger partial charge in [0.1, 0.15) is 5.82 Å². The predicted octanol–water partition coefficient (Wildman–Crippen LogP) is 1.73. The van der Waals surface area contributed by atoms with Crippen LogP contribution >= 0.6 is 49.0 Å². The first-order valence-electron chi connectivity index (χ1n) is 8.81. The van der Waals surface area contributed by atoms with Crippen LogP contribution in [0.4, 0.5) is 5.82 Å². The van der Waals surface area contributed by atoms with Crippen molar-refractivity contribution in [1.82, 2.24) is 20.1 Å². The SMILES string of the molecule is Cl.Cl.Cl.O=C([C@@H]1C[C@H](N2CCN(c3ccccn3)CC2)CN1)N1CCSC1. The Labute approximate surface area is 184 Å². The van der Waals surface area contributed by atoms with E-state index in [1.165, 1.54) is 0 Å². The smallest absolute Gasteiger partial charge is 0.240 e. The van der Waals surface area contributed by atoms with Crippen molar-refractivity contribution >= 4 is 60.7 Å². The molecule has 1 aromatic rings. The summed E-state index contributed by atoms with van der Waals surface area (Å²) in [6, 6.07) is 6.58. The Morgan fingerprint density at radius 1 is 1.11 bits per heavy atom. The van der Waals surface area contributed by atoms with E-state index in [0.717, 1.165) is 63.1 Å². The first-order valence-corrected chi connectivity index (χ1v) is 9.97. The number of nitrogens with one attached hydrogen (secondary N) is 1. The number of carbonyl (C=O) groups excluding carboxylic acids is 1. The van der Waals surface area contributed by atoms with Gasteiger partial charge in [0.05, 0.1) is 11.9 Å². The molecule has 154 valence electrons. The van der Waals surface area contributed by atoms with Gasteiger partial charge < -0.3 is 15.1 Å². The quantitative estimate of drug-likeness (QED) is 0.748. The molecule has 0 spiro atoms. The highest BCUT2D eigenvalue weighted by molar-refractivity contribution is 7.99. The molecule has 1 amide bonds. The largest absolute Gasteiger partial charge is 0.354 e. The van der Waals surface area contributed by atoms with Gasteiger partial charge in [0.2, 0.25) is 5.91 Å². The van der Waals surface area contributed by atoms with Gasteiger partial charge in [-0.25, -0.2) is 4.98 Å². The van der Waals surface area contributed by atoms with Gasteiger partial charge >= 0.3 is 0 Å². The van der Waals surface area contributed by atoms with E-state index in [9.17, 15) is 4.79 Å². The van der Waals surface area contributed by atoms with E-state index in [4.69, 9.17) is 0 Å². The maximum absolute atomic E-state index is 12.5. The first-order chi connectivity index (χ1) is 11.8. The Morgan fingerprint density at radius 2 is 1.89 bits per heavy atom. The number of hydrogen-bond acceptors (Lipinski definition) is 6. The van der Waals surface area contributed by atoms with Crippen LogP contribution in [0.5, 0.6) is 0 Å². The van der Waals surface area contributed by atoms with Gasteiger partial charge in [-0.15, -0.1) is 49.0 Å². The molecule has 3 saturated heterocycles. The molecule has 0 aliphatic carbocycles. The molecule has 0 bridgehead atoms. The van der Waals surface area contributed by atoms with Gasteiger partial charge in [-0.3, -0.25) is 9.69 Å². The average Bonchev–Trinajstić information content (AvgIpc) is 3.34. The highest BCUT2D eigenvalue weighted by atomic mass is 35.5. The van der Waals surface area contributed by atoms with Crippen molar-refractivity contribution in [3.63, 3.8) is 0 Å². The van der Waals surface area contributed by atoms with Crippen molar-refractivity contribution in [3.8, 4) is 0 Å². The van der Waals surface area contributed by atoms with Gasteiger partial charge in [-0.05, 0) is 18.6 Å². The normalized spacial score (nSPS) is 25.3. The minimum absolute atomic E-state index is 0. The number of carbonyl (C=O) groups is 1. The molecule has 10 heteroatoms. The lowest BCUT2D eigenvalue weighted by molar-refractivity contribution is -0.131. The summed E-state index contributed by atoms with van der Waals surface area (Å²) in [5.74, 6) is 3.32. The van der Waals surface area contributed by atoms with Crippen LogP contribution in [0.25, 0.3) is 0 Å². The third kappa shape index (κ3) is 5.78. The fraction of sp³-hybridized carbons (Fsp3) is 0.647. The third-order valence-electron chi connectivity index (χ3n) is 5.27. The molecule has 2 atom stereocenters. The minimum Gasteiger partial charge on any atom is -0.354 e. The molecule has 4 rings (SSSR count). The van der Waals surface area contributed by atoms with Crippen LogP contribution in [0.15, 0.2) is 24.4 Å². The zero-order chi connectivity index (χ0) is 16.4. The van der Waals surface area contributed by atoms with Crippen LogP contribution in [0.3, 0.4) is 0 Å². The zero-order valence-corrected chi connectivity index (χ0v) is 18.4. The van der Waals surface area contributed by atoms with E-state index < -0.39 is 0 Å². The molecule has 0 unspecified atom stereocenters. The number of piperazine rings is 1. The molecule has 0 aromatic carbocycles. The molecular weight excluding hydrogens is 429 g/mol. The maximum Gasteiger partial charge on any atom is 0.240 e. The van der Waals surface area contributed by atoms with Crippen molar-refractivity contribution in [1.29, 1.82) is 0 Å². The number of pyridine rings is 1. The second kappa shape index (κ2) is 11.5. The fourth-order valence-electron chi connectivity index (χ4n) is 3.85. The van der Waals surface area contributed by atoms with Crippen LogP contribution < -0.4 is 10.2 Å². The molecule has 3 fully saturated rings. The Bertz CT molecular complexity index is 571. The lowest BCUT2D eigenvalue weighted by Gasteiger charge is -2.38. The van der Waals surface area contributed by atoms with Crippen LogP contribution in [0.1, 0.15) is 6.42 Å². The molecular formula is C17H28Cl3N5OS. The summed E-state index contributed by atoms with van der Waals surface area (Å²) in [7, 11) is 0. The number of amides is 1. The average molecular weight is 457 g/mol. The van der Waals surface area contributed by atoms with Gasteiger partial charge in [-0.2, -0.15) is 0 Å². The van der Waals surface area contributed by atoms with Crippen molar-refractivity contribution < 1.29 is 4.79 Å². The zero-order valence-electron chi connectivity index (χ0n) is 15.2. The highest BCUT2D eigenvalue weighted by Gasteiger charge is 2.36. The van der Waals surface area contributed by atoms with E-state index in [0.29, 0.717) is 11.9 Å². The van der Waals surface area contributed by atoms with E-state index in [2.05, 4.69) is 26.2 Å². The van der Waals surface area contributed by atoms with Gasteiger partial charge in [0.25, 0.3) is 0 Å². The molecule has 1 aromatic heterocycles. The molecule has 0 radical (unpaired) electrons. The Balaban J connectivity index is 0.00000121. The van der Waals surface area contributed by atoms with Gasteiger partial charge in [-0.1, -0.05) is 6.07 Å². The number of thioether (sulfide) groups is 1. The summed E-state index contributed by atoms with van der Waals surface area (Å²) >= 11 is 1.85. The number of rotatable bonds is 3.